The van der Waals surface area contributed by atoms with E-state index in [4.69, 9.17) is 42.1 Å². The van der Waals surface area contributed by atoms with Gasteiger partial charge in [0.2, 0.25) is 0 Å². The van der Waals surface area contributed by atoms with Crippen LogP contribution in [-0.2, 0) is 22.4 Å². The number of amides is 1. The first-order valence-corrected chi connectivity index (χ1v) is 17.1. The maximum atomic E-state index is 15.0. The van der Waals surface area contributed by atoms with Gasteiger partial charge in [0, 0.05) is 35.6 Å². The number of carbonyl (C=O) groups is 2. The first-order valence-electron chi connectivity index (χ1n) is 15.5. The summed E-state index contributed by atoms with van der Waals surface area (Å²) in [4.78, 5) is 35.5. The summed E-state index contributed by atoms with van der Waals surface area (Å²) >= 11 is 14.1. The van der Waals surface area contributed by atoms with Gasteiger partial charge >= 0.3 is 12.1 Å². The molecule has 9 nitrogen and oxygen atoms in total. The lowest BCUT2D eigenvalue weighted by Crippen LogP contribution is -2.53. The van der Waals surface area contributed by atoms with Crippen molar-refractivity contribution in [1.29, 1.82) is 0 Å². The summed E-state index contributed by atoms with van der Waals surface area (Å²) < 4.78 is 38.0. The lowest BCUT2D eigenvalue weighted by atomic mass is 9.86. The zero-order chi connectivity index (χ0) is 33.8. The lowest BCUT2D eigenvalue weighted by Gasteiger charge is -2.44. The van der Waals surface area contributed by atoms with Gasteiger partial charge in [-0.1, -0.05) is 41.4 Å². The number of aromatic nitrogens is 1. The van der Waals surface area contributed by atoms with Gasteiger partial charge in [0.15, 0.2) is 11.5 Å². The molecular formula is C35H34Cl2FN3O6S. The molecule has 1 amide bonds. The van der Waals surface area contributed by atoms with Crippen LogP contribution in [0.3, 0.4) is 0 Å². The van der Waals surface area contributed by atoms with Crippen molar-refractivity contribution in [2.24, 2.45) is 5.92 Å². The number of rotatable bonds is 11. The minimum atomic E-state index is -0.815. The zero-order valence-electron chi connectivity index (χ0n) is 26.4. The predicted molar refractivity (Wildman–Crippen MR) is 182 cm³/mol. The number of fused-ring (bicyclic) bond motifs is 3. The molecule has 3 aliphatic rings. The molecule has 2 aromatic carbocycles. The molecule has 3 fully saturated rings. The average molecular weight is 715 g/mol. The lowest BCUT2D eigenvalue weighted by molar-refractivity contribution is -0.0311. The maximum absolute atomic E-state index is 15.0. The van der Waals surface area contributed by atoms with Gasteiger partial charge in [-0.05, 0) is 73.3 Å². The number of carbonyl (C=O) groups excluding carboxylic acids is 2. The minimum absolute atomic E-state index is 0.000152. The molecule has 13 heteroatoms. The molecule has 252 valence electrons. The molecule has 0 spiro atoms. The second kappa shape index (κ2) is 15.1. The molecule has 2 bridgehead atoms. The molecular weight excluding hydrogens is 680 g/mol. The molecule has 0 radical (unpaired) electrons. The van der Waals surface area contributed by atoms with Gasteiger partial charge in [-0.2, -0.15) is 0 Å². The molecule has 2 atom stereocenters. The van der Waals surface area contributed by atoms with E-state index in [2.05, 4.69) is 9.88 Å². The second-order valence-corrected chi connectivity index (χ2v) is 13.5. The molecule has 3 saturated heterocycles. The minimum Gasteiger partial charge on any atom is -0.493 e. The van der Waals surface area contributed by atoms with E-state index in [1.807, 2.05) is 0 Å². The highest BCUT2D eigenvalue weighted by Crippen LogP contribution is 2.36. The summed E-state index contributed by atoms with van der Waals surface area (Å²) in [7, 11) is 3.05. The fraction of sp³-hybridized carbons (Fsp3) is 0.343. The molecule has 0 saturated carbocycles. The topological polar surface area (TPSA) is 90.4 Å². The molecule has 2 aromatic heterocycles. The summed E-state index contributed by atoms with van der Waals surface area (Å²) in [5, 5.41) is 2.31. The van der Waals surface area contributed by atoms with Crippen LogP contribution in [0.4, 0.5) is 14.9 Å². The number of nitrogens with zero attached hydrogens (tertiary/aromatic N) is 3. The van der Waals surface area contributed by atoms with Crippen molar-refractivity contribution >= 4 is 52.3 Å². The van der Waals surface area contributed by atoms with Crippen LogP contribution in [0, 0.1) is 11.7 Å². The first kappa shape index (κ1) is 34.0. The van der Waals surface area contributed by atoms with Crippen LogP contribution < -0.4 is 14.4 Å². The third-order valence-electron chi connectivity index (χ3n) is 8.79. The Morgan fingerprint density at radius 1 is 1.04 bits per heavy atom. The smallest absolute Gasteiger partial charge is 0.415 e. The predicted octanol–water partition coefficient (Wildman–Crippen LogP) is 7.98. The molecule has 3 aliphatic heterocycles. The van der Waals surface area contributed by atoms with Crippen LogP contribution in [0.2, 0.25) is 10.0 Å². The highest BCUT2D eigenvalue weighted by molar-refractivity contribution is 7.10. The summed E-state index contributed by atoms with van der Waals surface area (Å²) in [6, 6.07) is 12.9. The number of halogens is 3. The number of hydrogen-bond acceptors (Lipinski definition) is 9. The average Bonchev–Trinajstić information content (AvgIpc) is 3.58. The van der Waals surface area contributed by atoms with Crippen molar-refractivity contribution in [3.63, 3.8) is 0 Å². The summed E-state index contributed by atoms with van der Waals surface area (Å²) in [6.07, 6.45) is 3.36. The third kappa shape index (κ3) is 7.54. The van der Waals surface area contributed by atoms with E-state index in [0.717, 1.165) is 25.9 Å². The van der Waals surface area contributed by atoms with Crippen LogP contribution in [0.5, 0.6) is 11.5 Å². The summed E-state index contributed by atoms with van der Waals surface area (Å²) in [6.45, 7) is 2.67. The standard InChI is InChI=1S/C35H34Cl2FN3O6S/c1-44-30-8-7-22(14-32(30)45-2)31(15-25-26(36)16-39-17-27(25)37)46-34(42)23-13-24(48-20-23)18-41(29-6-4-3-5-28(29)38)35(43)47-33-19-40-11-9-21(33)10-12-40/h3-8,13-14,16-17,20-21,31,33H,9-12,15,18-19H2,1-2H3/t31-,33-/m0/s1. The van der Waals surface area contributed by atoms with Crippen molar-refractivity contribution in [3.8, 4) is 11.5 Å². The fourth-order valence-electron chi connectivity index (χ4n) is 6.18. The number of para-hydroxylation sites is 1. The van der Waals surface area contributed by atoms with Gasteiger partial charge in [0.05, 0.1) is 42.1 Å². The van der Waals surface area contributed by atoms with Crippen LogP contribution in [0.25, 0.3) is 0 Å². The van der Waals surface area contributed by atoms with Crippen molar-refractivity contribution in [2.45, 2.75) is 38.0 Å². The zero-order valence-corrected chi connectivity index (χ0v) is 28.7. The molecule has 5 heterocycles. The van der Waals surface area contributed by atoms with E-state index in [0.29, 0.717) is 50.0 Å². The van der Waals surface area contributed by atoms with Gasteiger partial charge in [-0.3, -0.25) is 14.8 Å². The molecule has 48 heavy (non-hydrogen) atoms. The van der Waals surface area contributed by atoms with Crippen molar-refractivity contribution in [2.75, 3.05) is 38.8 Å². The number of hydrogen-bond donors (Lipinski definition) is 0. The van der Waals surface area contributed by atoms with Crippen LogP contribution in [0.1, 0.15) is 45.3 Å². The van der Waals surface area contributed by atoms with E-state index in [9.17, 15) is 9.59 Å². The number of thiophene rings is 1. The van der Waals surface area contributed by atoms with Gasteiger partial charge in [-0.25, -0.2) is 14.0 Å². The summed E-state index contributed by atoms with van der Waals surface area (Å²) in [5.41, 5.74) is 1.56. The highest BCUT2D eigenvalue weighted by Gasteiger charge is 2.38. The van der Waals surface area contributed by atoms with Gasteiger partial charge < -0.3 is 18.9 Å². The Bertz CT molecular complexity index is 1760. The summed E-state index contributed by atoms with van der Waals surface area (Å²) in [5.74, 6) is 0.107. The molecule has 0 aliphatic carbocycles. The van der Waals surface area contributed by atoms with E-state index in [1.165, 1.54) is 48.9 Å². The number of methoxy groups -OCH3 is 2. The Morgan fingerprint density at radius 2 is 1.77 bits per heavy atom. The first-order chi connectivity index (χ1) is 23.2. The van der Waals surface area contributed by atoms with Gasteiger partial charge in [0.1, 0.15) is 18.0 Å². The largest absolute Gasteiger partial charge is 0.493 e. The van der Waals surface area contributed by atoms with Gasteiger partial charge in [-0.15, -0.1) is 11.3 Å². The van der Waals surface area contributed by atoms with Crippen LogP contribution in [0.15, 0.2) is 66.3 Å². The molecule has 0 unspecified atom stereocenters. The number of pyridine rings is 1. The Kier molecular flexibility index (Phi) is 10.7. The Labute approximate surface area is 292 Å². The number of benzene rings is 2. The normalized spacial score (nSPS) is 19.0. The van der Waals surface area contributed by atoms with E-state index >= 15 is 4.39 Å². The Morgan fingerprint density at radius 3 is 2.44 bits per heavy atom. The fourth-order valence-corrected chi connectivity index (χ4v) is 7.54. The number of anilines is 1. The van der Waals surface area contributed by atoms with Crippen molar-refractivity contribution < 1.29 is 32.9 Å². The SMILES string of the molecule is COc1ccc([C@H](Cc2c(Cl)cncc2Cl)OC(=O)c2csc(CN(C(=O)O[C@H]3CN4CCC3CC4)c3ccccc3F)c2)cc1OC. The third-order valence-corrected chi connectivity index (χ3v) is 10.4. The van der Waals surface area contributed by atoms with E-state index < -0.39 is 24.0 Å². The number of piperidine rings is 3. The van der Waals surface area contributed by atoms with Crippen LogP contribution >= 0.6 is 34.5 Å². The second-order valence-electron chi connectivity index (χ2n) is 11.7. The van der Waals surface area contributed by atoms with Crippen LogP contribution in [-0.4, -0.2) is 61.9 Å². The number of esters is 1. The van der Waals surface area contributed by atoms with E-state index in [1.54, 1.807) is 47.8 Å². The molecule has 4 aromatic rings. The molecule has 7 rings (SSSR count). The Hall–Kier alpha value is -3.90. The van der Waals surface area contributed by atoms with E-state index in [-0.39, 0.29) is 30.3 Å². The molecule has 0 N–H and O–H groups in total. The monoisotopic (exact) mass is 713 g/mol. The Balaban J connectivity index is 1.23. The van der Waals surface area contributed by atoms with Gasteiger partial charge in [0.25, 0.3) is 0 Å². The maximum Gasteiger partial charge on any atom is 0.415 e. The van der Waals surface area contributed by atoms with Crippen molar-refractivity contribution in [1.82, 2.24) is 9.88 Å². The quantitative estimate of drug-likeness (QED) is 0.145. The highest BCUT2D eigenvalue weighted by atomic mass is 35.5. The van der Waals surface area contributed by atoms with Crippen molar-refractivity contribution in [3.05, 3.63) is 104 Å². The number of ether oxygens (including phenoxy) is 4.